The molecule has 0 aliphatic heterocycles. The molecular weight excluding hydrogens is 202 g/mol. The van der Waals surface area contributed by atoms with Crippen molar-refractivity contribution >= 4 is 0 Å². The fourth-order valence-electron chi connectivity index (χ4n) is 1.54. The minimum absolute atomic E-state index is 0.117. The molecule has 3 nitrogen and oxygen atoms in total. The maximum Gasteiger partial charge on any atom is 0.0658 e. The quantitative estimate of drug-likeness (QED) is 0.706. The van der Waals surface area contributed by atoms with Crippen LogP contribution >= 0.6 is 0 Å². The van der Waals surface area contributed by atoms with Gasteiger partial charge in [0.15, 0.2) is 0 Å². The number of ether oxygens (including phenoxy) is 1. The highest BCUT2D eigenvalue weighted by atomic mass is 16.5. The lowest BCUT2D eigenvalue weighted by Crippen LogP contribution is -2.42. The Morgan fingerprint density at radius 2 is 1.81 bits per heavy atom. The minimum Gasteiger partial charge on any atom is -0.390 e. The Balaban J connectivity index is 3.93. The van der Waals surface area contributed by atoms with Crippen LogP contribution in [0.3, 0.4) is 0 Å². The number of methoxy groups -OCH3 is 1. The van der Waals surface area contributed by atoms with Gasteiger partial charge in [-0.2, -0.15) is 0 Å². The van der Waals surface area contributed by atoms with E-state index in [2.05, 4.69) is 33.0 Å². The van der Waals surface area contributed by atoms with Gasteiger partial charge in [-0.05, 0) is 53.0 Å². The molecule has 0 aromatic heterocycles. The topological polar surface area (TPSA) is 41.5 Å². The third-order valence-electron chi connectivity index (χ3n) is 3.10. The largest absolute Gasteiger partial charge is 0.390 e. The van der Waals surface area contributed by atoms with E-state index in [9.17, 15) is 5.11 Å². The molecule has 0 aromatic rings. The van der Waals surface area contributed by atoms with Gasteiger partial charge in [-0.1, -0.05) is 6.92 Å². The van der Waals surface area contributed by atoms with Gasteiger partial charge in [-0.3, -0.25) is 0 Å². The van der Waals surface area contributed by atoms with Crippen LogP contribution in [0.5, 0.6) is 0 Å². The van der Waals surface area contributed by atoms with Crippen LogP contribution in [-0.4, -0.2) is 36.5 Å². The standard InChI is InChI=1S/C13H29NO2/c1-11(7-10-16-6)13(5,15)8-9-14-12(2,3)4/h11,14-15H,7-10H2,1-6H3. The van der Waals surface area contributed by atoms with Gasteiger partial charge in [0.25, 0.3) is 0 Å². The number of nitrogens with one attached hydrogen (secondary N) is 1. The maximum atomic E-state index is 10.3. The molecule has 2 unspecified atom stereocenters. The monoisotopic (exact) mass is 231 g/mol. The summed E-state index contributed by atoms with van der Waals surface area (Å²) < 4.78 is 5.04. The van der Waals surface area contributed by atoms with E-state index < -0.39 is 5.60 Å². The van der Waals surface area contributed by atoms with Crippen LogP contribution in [0.4, 0.5) is 0 Å². The zero-order chi connectivity index (χ0) is 12.8. The van der Waals surface area contributed by atoms with Gasteiger partial charge in [-0.25, -0.2) is 0 Å². The molecule has 0 bridgehead atoms. The molecule has 0 radical (unpaired) electrons. The van der Waals surface area contributed by atoms with Crippen molar-refractivity contribution in [2.45, 2.75) is 58.6 Å². The SMILES string of the molecule is COCCC(C)C(C)(O)CCNC(C)(C)C. The third kappa shape index (κ3) is 7.20. The molecule has 16 heavy (non-hydrogen) atoms. The van der Waals surface area contributed by atoms with Crippen molar-refractivity contribution in [2.24, 2.45) is 5.92 Å². The van der Waals surface area contributed by atoms with Crippen LogP contribution < -0.4 is 5.32 Å². The van der Waals surface area contributed by atoms with Crippen LogP contribution in [0.2, 0.25) is 0 Å². The molecular formula is C13H29NO2. The summed E-state index contributed by atoms with van der Waals surface area (Å²) in [7, 11) is 1.70. The Kier molecular flexibility index (Phi) is 6.53. The van der Waals surface area contributed by atoms with E-state index in [1.165, 1.54) is 0 Å². The van der Waals surface area contributed by atoms with Crippen molar-refractivity contribution in [3.05, 3.63) is 0 Å². The fourth-order valence-corrected chi connectivity index (χ4v) is 1.54. The molecule has 0 spiro atoms. The van der Waals surface area contributed by atoms with Crippen LogP contribution in [0.15, 0.2) is 0 Å². The number of hydrogen-bond acceptors (Lipinski definition) is 3. The Hall–Kier alpha value is -0.120. The number of hydrogen-bond donors (Lipinski definition) is 2. The predicted molar refractivity (Wildman–Crippen MR) is 68.7 cm³/mol. The van der Waals surface area contributed by atoms with E-state index in [0.29, 0.717) is 6.61 Å². The van der Waals surface area contributed by atoms with Crippen LogP contribution in [-0.2, 0) is 4.74 Å². The average molecular weight is 231 g/mol. The number of aliphatic hydroxyl groups is 1. The lowest BCUT2D eigenvalue weighted by molar-refractivity contribution is -0.0136. The summed E-state index contributed by atoms with van der Waals surface area (Å²) in [6.45, 7) is 12.0. The Morgan fingerprint density at radius 1 is 1.25 bits per heavy atom. The fraction of sp³-hybridized carbons (Fsp3) is 1.00. The smallest absolute Gasteiger partial charge is 0.0658 e. The summed E-state index contributed by atoms with van der Waals surface area (Å²) in [6, 6.07) is 0. The molecule has 0 rings (SSSR count). The van der Waals surface area contributed by atoms with Crippen molar-refractivity contribution < 1.29 is 9.84 Å². The summed E-state index contributed by atoms with van der Waals surface area (Å²) in [5.74, 6) is 0.259. The summed E-state index contributed by atoms with van der Waals surface area (Å²) in [5.41, 5.74) is -0.497. The van der Waals surface area contributed by atoms with E-state index in [1.54, 1.807) is 7.11 Å². The molecule has 0 heterocycles. The molecule has 0 saturated carbocycles. The average Bonchev–Trinajstić information content (AvgIpc) is 2.11. The second-order valence-corrected chi connectivity index (χ2v) is 5.97. The molecule has 2 N–H and O–H groups in total. The first-order valence-corrected chi connectivity index (χ1v) is 6.15. The first-order valence-electron chi connectivity index (χ1n) is 6.15. The van der Waals surface area contributed by atoms with Crippen molar-refractivity contribution in [2.75, 3.05) is 20.3 Å². The van der Waals surface area contributed by atoms with E-state index in [-0.39, 0.29) is 11.5 Å². The highest BCUT2D eigenvalue weighted by molar-refractivity contribution is 4.81. The molecule has 2 atom stereocenters. The summed E-state index contributed by atoms with van der Waals surface area (Å²) in [5, 5.41) is 13.7. The molecule has 0 amide bonds. The van der Waals surface area contributed by atoms with Gasteiger partial charge in [0.1, 0.15) is 0 Å². The predicted octanol–water partition coefficient (Wildman–Crippen LogP) is 2.19. The molecule has 0 aromatic carbocycles. The third-order valence-corrected chi connectivity index (χ3v) is 3.10. The van der Waals surface area contributed by atoms with Crippen LogP contribution in [0, 0.1) is 5.92 Å². The van der Waals surface area contributed by atoms with Crippen molar-refractivity contribution in [1.29, 1.82) is 0 Å². The van der Waals surface area contributed by atoms with E-state index in [4.69, 9.17) is 4.74 Å². The summed E-state index contributed by atoms with van der Waals surface area (Å²) in [6.07, 6.45) is 1.67. The first kappa shape index (κ1) is 15.9. The highest BCUT2D eigenvalue weighted by Gasteiger charge is 2.27. The van der Waals surface area contributed by atoms with Gasteiger partial charge >= 0.3 is 0 Å². The van der Waals surface area contributed by atoms with Crippen LogP contribution in [0.25, 0.3) is 0 Å². The van der Waals surface area contributed by atoms with Gasteiger partial charge in [0.05, 0.1) is 5.60 Å². The molecule has 0 saturated heterocycles. The number of rotatable bonds is 7. The summed E-state index contributed by atoms with van der Waals surface area (Å²) in [4.78, 5) is 0. The second kappa shape index (κ2) is 6.58. The normalized spacial score (nSPS) is 18.2. The lowest BCUT2D eigenvalue weighted by Gasteiger charge is -2.32. The maximum absolute atomic E-state index is 10.3. The van der Waals surface area contributed by atoms with Gasteiger partial charge < -0.3 is 15.2 Å². The summed E-state index contributed by atoms with van der Waals surface area (Å²) >= 11 is 0. The van der Waals surface area contributed by atoms with E-state index in [0.717, 1.165) is 19.4 Å². The van der Waals surface area contributed by atoms with E-state index in [1.807, 2.05) is 6.92 Å². The Bertz CT molecular complexity index is 185. The lowest BCUT2D eigenvalue weighted by atomic mass is 9.85. The molecule has 3 heteroatoms. The van der Waals surface area contributed by atoms with Crippen LogP contribution in [0.1, 0.15) is 47.5 Å². The Labute approximate surface area is 101 Å². The minimum atomic E-state index is -0.614. The molecule has 0 fully saturated rings. The molecule has 98 valence electrons. The first-order chi connectivity index (χ1) is 7.19. The van der Waals surface area contributed by atoms with E-state index >= 15 is 0 Å². The highest BCUT2D eigenvalue weighted by Crippen LogP contribution is 2.23. The Morgan fingerprint density at radius 3 is 2.25 bits per heavy atom. The zero-order valence-corrected chi connectivity index (χ0v) is 11.8. The molecule has 0 aliphatic carbocycles. The van der Waals surface area contributed by atoms with Crippen molar-refractivity contribution in [1.82, 2.24) is 5.32 Å². The molecule has 0 aliphatic rings. The van der Waals surface area contributed by atoms with Gasteiger partial charge in [0.2, 0.25) is 0 Å². The zero-order valence-electron chi connectivity index (χ0n) is 11.8. The van der Waals surface area contributed by atoms with Crippen molar-refractivity contribution in [3.63, 3.8) is 0 Å². The second-order valence-electron chi connectivity index (χ2n) is 5.97. The van der Waals surface area contributed by atoms with Crippen molar-refractivity contribution in [3.8, 4) is 0 Å². The van der Waals surface area contributed by atoms with Gasteiger partial charge in [-0.15, -0.1) is 0 Å². The van der Waals surface area contributed by atoms with Gasteiger partial charge in [0, 0.05) is 19.3 Å².